The van der Waals surface area contributed by atoms with Crippen molar-refractivity contribution in [2.24, 2.45) is 5.92 Å². The van der Waals surface area contributed by atoms with Crippen molar-refractivity contribution in [3.05, 3.63) is 18.5 Å². The summed E-state index contributed by atoms with van der Waals surface area (Å²) in [6.07, 6.45) is 3.01. The van der Waals surface area contributed by atoms with Gasteiger partial charge in [-0.25, -0.2) is 18.4 Å². The number of nitrogens with zero attached hydrogens (tertiary/aromatic N) is 2. The van der Waals surface area contributed by atoms with Crippen molar-refractivity contribution in [2.75, 3.05) is 0 Å². The predicted octanol–water partition coefficient (Wildman–Crippen LogP) is 0.113. The molecule has 1 saturated carbocycles. The molecule has 2 rings (SSSR count). The van der Waals surface area contributed by atoms with Crippen LogP contribution in [-0.4, -0.2) is 34.7 Å². The van der Waals surface area contributed by atoms with Crippen LogP contribution in [0.4, 0.5) is 0 Å². The highest BCUT2D eigenvalue weighted by Crippen LogP contribution is 2.35. The fourth-order valence-electron chi connectivity index (χ4n) is 1.60. The van der Waals surface area contributed by atoms with Crippen LogP contribution in [0.15, 0.2) is 23.6 Å². The van der Waals surface area contributed by atoms with Gasteiger partial charge in [-0.1, -0.05) is 0 Å². The van der Waals surface area contributed by atoms with Gasteiger partial charge in [-0.2, -0.15) is 0 Å². The molecular weight excluding hydrogens is 232 g/mol. The Balaban J connectivity index is 2.15. The third kappa shape index (κ3) is 1.78. The minimum Gasteiger partial charge on any atom is -0.481 e. The van der Waals surface area contributed by atoms with Crippen LogP contribution in [0.3, 0.4) is 0 Å². The molecule has 1 fully saturated rings. The number of carboxylic acids is 1. The van der Waals surface area contributed by atoms with Crippen LogP contribution in [0.5, 0.6) is 0 Å². The molecule has 86 valence electrons. The molecule has 0 amide bonds. The summed E-state index contributed by atoms with van der Waals surface area (Å²) in [5, 5.41) is 7.79. The third-order valence-electron chi connectivity index (χ3n) is 2.68. The lowest BCUT2D eigenvalue weighted by molar-refractivity contribution is -0.144. The lowest BCUT2D eigenvalue weighted by Gasteiger charge is -2.30. The Morgan fingerprint density at radius 2 is 1.88 bits per heavy atom. The van der Waals surface area contributed by atoms with E-state index in [1.54, 1.807) is 0 Å². The Morgan fingerprint density at radius 3 is 2.38 bits per heavy atom. The van der Waals surface area contributed by atoms with Gasteiger partial charge in [-0.05, 0) is 18.9 Å². The van der Waals surface area contributed by atoms with Gasteiger partial charge in [0, 0.05) is 12.4 Å². The van der Waals surface area contributed by atoms with E-state index in [0.717, 1.165) is 0 Å². The number of aliphatic carboxylic acids is 1. The summed E-state index contributed by atoms with van der Waals surface area (Å²) < 4.78 is 23.7. The summed E-state index contributed by atoms with van der Waals surface area (Å²) in [5.41, 5.74) is 0. The summed E-state index contributed by atoms with van der Waals surface area (Å²) in [5.74, 6) is -1.50. The lowest BCUT2D eigenvalue weighted by Crippen LogP contribution is -2.40. The molecule has 1 heterocycles. The highest BCUT2D eigenvalue weighted by molar-refractivity contribution is 7.91. The van der Waals surface area contributed by atoms with Crippen molar-refractivity contribution >= 4 is 15.8 Å². The van der Waals surface area contributed by atoms with Crippen LogP contribution < -0.4 is 0 Å². The van der Waals surface area contributed by atoms with E-state index in [9.17, 15) is 13.2 Å². The second-order valence-corrected chi connectivity index (χ2v) is 5.83. The van der Waals surface area contributed by atoms with E-state index in [1.165, 1.54) is 18.5 Å². The van der Waals surface area contributed by atoms with Crippen molar-refractivity contribution in [2.45, 2.75) is 23.2 Å². The van der Waals surface area contributed by atoms with Gasteiger partial charge in [-0.3, -0.25) is 4.79 Å². The number of sulfone groups is 1. The first-order chi connectivity index (χ1) is 7.51. The molecule has 0 bridgehead atoms. The molecule has 1 aromatic heterocycles. The molecule has 1 aliphatic rings. The largest absolute Gasteiger partial charge is 0.481 e. The summed E-state index contributed by atoms with van der Waals surface area (Å²) in [6.45, 7) is 0. The number of hydrogen-bond donors (Lipinski definition) is 1. The maximum Gasteiger partial charge on any atom is 0.306 e. The number of rotatable bonds is 3. The molecule has 1 aliphatic carbocycles. The Kier molecular flexibility index (Phi) is 2.63. The maximum absolute atomic E-state index is 11.9. The van der Waals surface area contributed by atoms with Crippen LogP contribution in [0, 0.1) is 5.92 Å². The average molecular weight is 242 g/mol. The molecule has 0 saturated heterocycles. The Labute approximate surface area is 92.3 Å². The monoisotopic (exact) mass is 242 g/mol. The molecular formula is C9H10N2O4S. The van der Waals surface area contributed by atoms with Crippen LogP contribution in [0.2, 0.25) is 0 Å². The molecule has 6 nitrogen and oxygen atoms in total. The maximum atomic E-state index is 11.9. The van der Waals surface area contributed by atoms with Crippen molar-refractivity contribution in [3.63, 3.8) is 0 Å². The molecule has 0 radical (unpaired) electrons. The van der Waals surface area contributed by atoms with Gasteiger partial charge in [0.25, 0.3) is 0 Å². The van der Waals surface area contributed by atoms with E-state index < -0.39 is 27.0 Å². The smallest absolute Gasteiger partial charge is 0.306 e. The Bertz CT molecular complexity index is 494. The van der Waals surface area contributed by atoms with Gasteiger partial charge in [0.15, 0.2) is 0 Å². The van der Waals surface area contributed by atoms with Crippen molar-refractivity contribution in [1.82, 2.24) is 9.97 Å². The van der Waals surface area contributed by atoms with E-state index in [-0.39, 0.29) is 18.0 Å². The van der Waals surface area contributed by atoms with E-state index in [0.29, 0.717) is 0 Å². The molecule has 0 atom stereocenters. The van der Waals surface area contributed by atoms with Gasteiger partial charge in [0.1, 0.15) is 0 Å². The summed E-state index contributed by atoms with van der Waals surface area (Å²) in [6, 6.07) is 1.53. The Morgan fingerprint density at radius 1 is 1.31 bits per heavy atom. The normalized spacial score (nSPS) is 24.8. The average Bonchev–Trinajstić information content (AvgIpc) is 2.15. The summed E-state index contributed by atoms with van der Waals surface area (Å²) >= 11 is 0. The van der Waals surface area contributed by atoms with Crippen LogP contribution >= 0.6 is 0 Å². The van der Waals surface area contributed by atoms with Crippen LogP contribution in [0.25, 0.3) is 0 Å². The molecule has 0 unspecified atom stereocenters. The molecule has 0 aliphatic heterocycles. The van der Waals surface area contributed by atoms with Crippen LogP contribution in [-0.2, 0) is 14.6 Å². The summed E-state index contributed by atoms with van der Waals surface area (Å²) in [4.78, 5) is 17.9. The zero-order valence-corrected chi connectivity index (χ0v) is 9.09. The van der Waals surface area contributed by atoms with E-state index in [4.69, 9.17) is 5.11 Å². The molecule has 1 N–H and O–H groups in total. The quantitative estimate of drug-likeness (QED) is 0.756. The number of hydrogen-bond acceptors (Lipinski definition) is 5. The minimum absolute atomic E-state index is 0.149. The predicted molar refractivity (Wildman–Crippen MR) is 53.4 cm³/mol. The van der Waals surface area contributed by atoms with E-state index >= 15 is 0 Å². The lowest BCUT2D eigenvalue weighted by atomic mass is 9.85. The van der Waals surface area contributed by atoms with E-state index in [2.05, 4.69) is 9.97 Å². The second kappa shape index (κ2) is 3.82. The molecule has 7 heteroatoms. The van der Waals surface area contributed by atoms with Crippen molar-refractivity contribution in [1.29, 1.82) is 0 Å². The van der Waals surface area contributed by atoms with Gasteiger partial charge < -0.3 is 5.11 Å². The van der Waals surface area contributed by atoms with Gasteiger partial charge in [0.05, 0.1) is 11.2 Å². The zero-order valence-electron chi connectivity index (χ0n) is 8.28. The van der Waals surface area contributed by atoms with Gasteiger partial charge in [-0.15, -0.1) is 0 Å². The number of carbonyl (C=O) groups is 1. The first-order valence-corrected chi connectivity index (χ1v) is 6.30. The minimum atomic E-state index is -3.55. The zero-order chi connectivity index (χ0) is 11.8. The van der Waals surface area contributed by atoms with Crippen LogP contribution in [0.1, 0.15) is 12.8 Å². The molecule has 0 spiro atoms. The fourth-order valence-corrected chi connectivity index (χ4v) is 3.29. The van der Waals surface area contributed by atoms with Gasteiger partial charge in [0.2, 0.25) is 15.0 Å². The topological polar surface area (TPSA) is 97.2 Å². The van der Waals surface area contributed by atoms with E-state index in [1.807, 2.05) is 0 Å². The third-order valence-corrected chi connectivity index (χ3v) is 4.66. The second-order valence-electron chi connectivity index (χ2n) is 3.70. The number of carboxylic acid groups (broad SMARTS) is 1. The highest BCUT2D eigenvalue weighted by Gasteiger charge is 2.44. The molecule has 0 aromatic carbocycles. The first kappa shape index (κ1) is 11.0. The molecule has 1 aromatic rings. The standard InChI is InChI=1S/C9H10N2O4S/c12-8(13)6-4-7(5-6)16(14,15)9-10-2-1-3-11-9/h1-3,6-7H,4-5H2,(H,12,13)/t6-,7-. The Hall–Kier alpha value is -1.50. The van der Waals surface area contributed by atoms with Gasteiger partial charge >= 0.3 is 5.97 Å². The van der Waals surface area contributed by atoms with Crippen molar-refractivity contribution < 1.29 is 18.3 Å². The van der Waals surface area contributed by atoms with Crippen molar-refractivity contribution in [3.8, 4) is 0 Å². The fraction of sp³-hybridized carbons (Fsp3) is 0.444. The SMILES string of the molecule is O=C(O)[C@H]1C[C@H](S(=O)(=O)c2ncccn2)C1. The highest BCUT2D eigenvalue weighted by atomic mass is 32.2. The summed E-state index contributed by atoms with van der Waals surface area (Å²) in [7, 11) is -3.55. The first-order valence-electron chi connectivity index (χ1n) is 4.75. The number of aromatic nitrogens is 2. The molecule has 16 heavy (non-hydrogen) atoms.